The largest absolute Gasteiger partial charge is 0.368 e. The molecule has 120 valence electrons. The average molecular weight is 316 g/mol. The Labute approximate surface area is 126 Å². The molecule has 7 heteroatoms. The predicted molar refractivity (Wildman–Crippen MR) is 78.2 cm³/mol. The van der Waals surface area contributed by atoms with E-state index < -0.39 is 10.0 Å². The van der Waals surface area contributed by atoms with Gasteiger partial charge in [-0.2, -0.15) is 0 Å². The van der Waals surface area contributed by atoms with Crippen LogP contribution in [0.2, 0.25) is 0 Å². The molecule has 6 nitrogen and oxygen atoms in total. The molecule has 0 saturated carbocycles. The fourth-order valence-electron chi connectivity index (χ4n) is 3.80. The van der Waals surface area contributed by atoms with Gasteiger partial charge in [-0.15, -0.1) is 0 Å². The number of fused-ring (bicyclic) bond motifs is 1. The van der Waals surface area contributed by atoms with E-state index >= 15 is 0 Å². The van der Waals surface area contributed by atoms with Gasteiger partial charge in [-0.05, 0) is 31.6 Å². The molecule has 0 spiro atoms. The van der Waals surface area contributed by atoms with Crippen LogP contribution >= 0.6 is 0 Å². The van der Waals surface area contributed by atoms with E-state index in [-0.39, 0.29) is 23.2 Å². The quantitative estimate of drug-likeness (QED) is 0.741. The summed E-state index contributed by atoms with van der Waals surface area (Å²) in [6, 6.07) is 0. The van der Waals surface area contributed by atoms with Gasteiger partial charge in [0.15, 0.2) is 0 Å². The SMILES string of the molecule is CCN1C[C@H]2CCN(C(=O)C3CCCO3)CC[C@H]2S1(=O)=O. The molecule has 1 unspecified atom stereocenters. The summed E-state index contributed by atoms with van der Waals surface area (Å²) in [4.78, 5) is 14.2. The van der Waals surface area contributed by atoms with Gasteiger partial charge in [0.25, 0.3) is 5.91 Å². The van der Waals surface area contributed by atoms with Gasteiger partial charge in [0, 0.05) is 32.8 Å². The van der Waals surface area contributed by atoms with Crippen molar-refractivity contribution >= 4 is 15.9 Å². The highest BCUT2D eigenvalue weighted by atomic mass is 32.2. The van der Waals surface area contributed by atoms with Crippen LogP contribution in [0.4, 0.5) is 0 Å². The molecule has 3 atom stereocenters. The van der Waals surface area contributed by atoms with E-state index in [9.17, 15) is 13.2 Å². The van der Waals surface area contributed by atoms with E-state index in [0.29, 0.717) is 39.2 Å². The smallest absolute Gasteiger partial charge is 0.251 e. The number of sulfonamides is 1. The predicted octanol–water partition coefficient (Wildman–Crippen LogP) is 0.438. The maximum atomic E-state index is 12.4. The summed E-state index contributed by atoms with van der Waals surface area (Å²) < 4.78 is 31.9. The molecule has 3 aliphatic rings. The zero-order valence-corrected chi connectivity index (χ0v) is 13.3. The van der Waals surface area contributed by atoms with Gasteiger partial charge in [0.2, 0.25) is 10.0 Å². The van der Waals surface area contributed by atoms with Crippen LogP contribution in [-0.2, 0) is 19.6 Å². The number of nitrogens with zero attached hydrogens (tertiary/aromatic N) is 2. The highest BCUT2D eigenvalue weighted by Gasteiger charge is 2.46. The number of carbonyl (C=O) groups excluding carboxylic acids is 1. The third-order valence-electron chi connectivity index (χ3n) is 5.03. The number of carbonyl (C=O) groups is 1. The van der Waals surface area contributed by atoms with Gasteiger partial charge >= 0.3 is 0 Å². The zero-order valence-electron chi connectivity index (χ0n) is 12.5. The lowest BCUT2D eigenvalue weighted by Crippen LogP contribution is -2.40. The number of hydrogen-bond donors (Lipinski definition) is 0. The van der Waals surface area contributed by atoms with E-state index in [2.05, 4.69) is 0 Å². The van der Waals surface area contributed by atoms with Crippen LogP contribution in [0, 0.1) is 5.92 Å². The van der Waals surface area contributed by atoms with Crippen molar-refractivity contribution in [2.45, 2.75) is 44.0 Å². The molecule has 21 heavy (non-hydrogen) atoms. The second kappa shape index (κ2) is 5.85. The molecule has 0 N–H and O–H groups in total. The first-order chi connectivity index (χ1) is 10.0. The summed E-state index contributed by atoms with van der Waals surface area (Å²) in [5.41, 5.74) is 0. The Morgan fingerprint density at radius 2 is 2.00 bits per heavy atom. The molecule has 3 heterocycles. The van der Waals surface area contributed by atoms with Crippen molar-refractivity contribution in [1.82, 2.24) is 9.21 Å². The Kier molecular flexibility index (Phi) is 4.25. The van der Waals surface area contributed by atoms with Gasteiger partial charge in [0.05, 0.1) is 5.25 Å². The normalized spacial score (nSPS) is 36.4. The maximum Gasteiger partial charge on any atom is 0.251 e. The molecule has 0 aromatic rings. The second-order valence-electron chi connectivity index (χ2n) is 6.20. The molecule has 0 aromatic heterocycles. The van der Waals surface area contributed by atoms with E-state index in [1.807, 2.05) is 11.8 Å². The molecule has 3 saturated heterocycles. The lowest BCUT2D eigenvalue weighted by atomic mass is 10.0. The Hall–Kier alpha value is -0.660. The first-order valence-electron chi connectivity index (χ1n) is 7.93. The molecular formula is C14H24N2O4S. The van der Waals surface area contributed by atoms with Gasteiger partial charge in [-0.25, -0.2) is 12.7 Å². The Morgan fingerprint density at radius 1 is 1.24 bits per heavy atom. The van der Waals surface area contributed by atoms with Crippen molar-refractivity contribution < 1.29 is 17.9 Å². The summed E-state index contributed by atoms with van der Waals surface area (Å²) in [5.74, 6) is 0.217. The number of likely N-dealkylation sites (tertiary alicyclic amines) is 1. The third-order valence-corrected chi connectivity index (χ3v) is 7.54. The minimum absolute atomic E-state index is 0.0530. The number of hydrogen-bond acceptors (Lipinski definition) is 4. The van der Waals surface area contributed by atoms with Crippen molar-refractivity contribution in [2.24, 2.45) is 5.92 Å². The standard InChI is InChI=1S/C14H24N2O4S/c1-2-16-10-11-5-7-15(8-6-13(11)21(16,18)19)14(17)12-4-3-9-20-12/h11-13H,2-10H2,1H3/t11-,12?,13-/m1/s1. The number of ether oxygens (including phenoxy) is 1. The van der Waals surface area contributed by atoms with Gasteiger partial charge in [-0.3, -0.25) is 4.79 Å². The van der Waals surface area contributed by atoms with Crippen LogP contribution in [0.25, 0.3) is 0 Å². The van der Waals surface area contributed by atoms with Crippen LogP contribution in [0.1, 0.15) is 32.6 Å². The summed E-state index contributed by atoms with van der Waals surface area (Å²) >= 11 is 0. The Balaban J connectivity index is 1.68. The molecule has 0 bridgehead atoms. The molecule has 0 radical (unpaired) electrons. The van der Waals surface area contributed by atoms with Crippen molar-refractivity contribution in [2.75, 3.05) is 32.8 Å². The van der Waals surface area contributed by atoms with Gasteiger partial charge < -0.3 is 9.64 Å². The van der Waals surface area contributed by atoms with Gasteiger partial charge in [-0.1, -0.05) is 6.92 Å². The van der Waals surface area contributed by atoms with E-state index in [1.165, 1.54) is 0 Å². The molecule has 0 aliphatic carbocycles. The number of amides is 1. The fraction of sp³-hybridized carbons (Fsp3) is 0.929. The van der Waals surface area contributed by atoms with Crippen molar-refractivity contribution in [3.05, 3.63) is 0 Å². The van der Waals surface area contributed by atoms with Crippen LogP contribution in [-0.4, -0.2) is 67.7 Å². The van der Waals surface area contributed by atoms with E-state index in [0.717, 1.165) is 19.3 Å². The first-order valence-corrected chi connectivity index (χ1v) is 9.43. The second-order valence-corrected chi connectivity index (χ2v) is 8.35. The molecular weight excluding hydrogens is 292 g/mol. The summed E-state index contributed by atoms with van der Waals surface area (Å²) in [6.07, 6.45) is 2.77. The molecule has 1 amide bonds. The maximum absolute atomic E-state index is 12.4. The fourth-order valence-corrected chi connectivity index (χ4v) is 6.06. The molecule has 3 aliphatic heterocycles. The average Bonchev–Trinajstić information content (AvgIpc) is 2.99. The van der Waals surface area contributed by atoms with Crippen molar-refractivity contribution in [3.8, 4) is 0 Å². The van der Waals surface area contributed by atoms with Crippen LogP contribution in [0.3, 0.4) is 0 Å². The summed E-state index contributed by atoms with van der Waals surface area (Å²) in [7, 11) is -3.17. The highest BCUT2D eigenvalue weighted by molar-refractivity contribution is 7.90. The minimum Gasteiger partial charge on any atom is -0.368 e. The van der Waals surface area contributed by atoms with Crippen LogP contribution in [0.5, 0.6) is 0 Å². The molecule has 3 fully saturated rings. The zero-order chi connectivity index (χ0) is 15.0. The van der Waals surface area contributed by atoms with Crippen molar-refractivity contribution in [3.63, 3.8) is 0 Å². The summed E-state index contributed by atoms with van der Waals surface area (Å²) in [5, 5.41) is -0.306. The number of rotatable bonds is 2. The monoisotopic (exact) mass is 316 g/mol. The van der Waals surface area contributed by atoms with E-state index in [4.69, 9.17) is 4.74 Å². The topological polar surface area (TPSA) is 66.9 Å². The van der Waals surface area contributed by atoms with Gasteiger partial charge in [0.1, 0.15) is 6.10 Å². The van der Waals surface area contributed by atoms with Crippen molar-refractivity contribution in [1.29, 1.82) is 0 Å². The van der Waals surface area contributed by atoms with Crippen LogP contribution in [0.15, 0.2) is 0 Å². The highest BCUT2D eigenvalue weighted by Crippen LogP contribution is 2.34. The third kappa shape index (κ3) is 2.71. The minimum atomic E-state index is -3.17. The lowest BCUT2D eigenvalue weighted by Gasteiger charge is -2.24. The van der Waals surface area contributed by atoms with Crippen LogP contribution < -0.4 is 0 Å². The molecule has 3 rings (SSSR count). The lowest BCUT2D eigenvalue weighted by molar-refractivity contribution is -0.140. The summed E-state index contributed by atoms with van der Waals surface area (Å²) in [6.45, 7) is 4.91. The Morgan fingerprint density at radius 3 is 2.67 bits per heavy atom. The first kappa shape index (κ1) is 15.2. The van der Waals surface area contributed by atoms with E-state index in [1.54, 1.807) is 4.31 Å². The molecule has 0 aromatic carbocycles. The Bertz CT molecular complexity index is 501.